The number of pyridine rings is 1. The summed E-state index contributed by atoms with van der Waals surface area (Å²) in [4.78, 5) is 31.3. The normalized spacial score (nSPS) is 15.5. The maximum absolute atomic E-state index is 14.0. The van der Waals surface area contributed by atoms with Crippen molar-refractivity contribution in [2.45, 2.75) is 64.7 Å². The number of carbonyl (C=O) groups is 2. The van der Waals surface area contributed by atoms with Crippen LogP contribution in [0.2, 0.25) is 0 Å². The predicted octanol–water partition coefficient (Wildman–Crippen LogP) is 8.27. The monoisotopic (exact) mass is 653 g/mol. The van der Waals surface area contributed by atoms with Gasteiger partial charge in [-0.2, -0.15) is 26.3 Å². The Morgan fingerprint density at radius 1 is 0.913 bits per heavy atom. The fourth-order valence-corrected chi connectivity index (χ4v) is 5.60. The van der Waals surface area contributed by atoms with E-state index >= 15 is 0 Å². The molecule has 1 aliphatic rings. The third kappa shape index (κ3) is 7.79. The van der Waals surface area contributed by atoms with Crippen LogP contribution in [0.5, 0.6) is 0 Å². The van der Waals surface area contributed by atoms with Crippen molar-refractivity contribution in [2.24, 2.45) is 5.41 Å². The largest absolute Gasteiger partial charge is 0.481 e. The molecule has 1 saturated heterocycles. The Morgan fingerprint density at radius 3 is 2.00 bits per heavy atom. The summed E-state index contributed by atoms with van der Waals surface area (Å²) in [6.07, 6.45) is -7.40. The highest BCUT2D eigenvalue weighted by molar-refractivity contribution is 5.94. The molecule has 0 unspecified atom stereocenters. The molecule has 46 heavy (non-hydrogen) atoms. The minimum Gasteiger partial charge on any atom is -0.481 e. The van der Waals surface area contributed by atoms with E-state index in [0.717, 1.165) is 0 Å². The van der Waals surface area contributed by atoms with Gasteiger partial charge in [-0.05, 0) is 92.1 Å². The Morgan fingerprint density at radius 2 is 1.48 bits per heavy atom. The average molecular weight is 654 g/mol. The zero-order valence-electron chi connectivity index (χ0n) is 25.7. The number of aryl methyl sites for hydroxylation is 1. The molecule has 2 aromatic carbocycles. The zero-order valence-corrected chi connectivity index (χ0v) is 25.7. The number of ketones is 1. The van der Waals surface area contributed by atoms with E-state index in [0.29, 0.717) is 66.3 Å². The van der Waals surface area contributed by atoms with Gasteiger partial charge >= 0.3 is 18.3 Å². The molecule has 0 spiro atoms. The summed E-state index contributed by atoms with van der Waals surface area (Å²) in [7, 11) is 0. The van der Waals surface area contributed by atoms with E-state index in [4.69, 9.17) is 0 Å². The number of anilines is 2. The van der Waals surface area contributed by atoms with Crippen LogP contribution in [0.4, 0.5) is 42.2 Å². The van der Waals surface area contributed by atoms with Crippen molar-refractivity contribution in [3.05, 3.63) is 76.7 Å². The first-order valence-corrected chi connectivity index (χ1v) is 14.5. The summed E-state index contributed by atoms with van der Waals surface area (Å²) < 4.78 is 94.9. The molecule has 0 amide bonds. The Hall–Kier alpha value is -4.16. The topological polar surface area (TPSA) is 82.5 Å². The lowest BCUT2D eigenvalue weighted by Gasteiger charge is -2.39. The number of alkyl halides is 6. The highest BCUT2D eigenvalue weighted by Gasteiger charge is 2.40. The molecule has 13 heteroatoms. The molecule has 248 valence electrons. The van der Waals surface area contributed by atoms with Crippen molar-refractivity contribution in [1.29, 1.82) is 0 Å². The minimum absolute atomic E-state index is 0.0157. The van der Waals surface area contributed by atoms with Gasteiger partial charge in [-0.3, -0.25) is 9.59 Å². The number of nitrogens with zero attached hydrogens (tertiary/aromatic N) is 2. The second-order valence-corrected chi connectivity index (χ2v) is 12.6. The predicted molar refractivity (Wildman–Crippen MR) is 159 cm³/mol. The molecule has 6 nitrogen and oxygen atoms in total. The Kier molecular flexibility index (Phi) is 9.48. The first-order valence-electron chi connectivity index (χ1n) is 14.5. The van der Waals surface area contributed by atoms with Gasteiger partial charge in [0.25, 0.3) is 0 Å². The third-order valence-electron chi connectivity index (χ3n) is 8.69. The van der Waals surface area contributed by atoms with E-state index in [1.807, 2.05) is 11.8 Å². The van der Waals surface area contributed by atoms with Crippen LogP contribution in [0.25, 0.3) is 11.1 Å². The molecule has 1 aliphatic heterocycles. The fourth-order valence-electron chi connectivity index (χ4n) is 5.60. The van der Waals surface area contributed by atoms with Crippen molar-refractivity contribution in [2.75, 3.05) is 29.9 Å². The molecule has 0 bridgehead atoms. The zero-order chi connectivity index (χ0) is 34.2. The van der Waals surface area contributed by atoms with E-state index in [1.165, 1.54) is 32.2 Å². The molecule has 0 radical (unpaired) electrons. The number of carboxylic acid groups (broad SMARTS) is 1. The molecule has 0 aliphatic carbocycles. The average Bonchev–Trinajstić information content (AvgIpc) is 2.94. The maximum atomic E-state index is 14.0. The summed E-state index contributed by atoms with van der Waals surface area (Å²) in [6.45, 7) is 6.75. The highest BCUT2D eigenvalue weighted by atomic mass is 19.4. The SMILES string of the molecule is Cc1cc(F)ccc1-c1cc(N2CCC(C)(CC(=O)O)CC2)ncc1NCC(=O)C(C)(C)c1cc(C(F)(F)F)cc(C(F)(F)F)c1. The Labute approximate surface area is 261 Å². The van der Waals surface area contributed by atoms with Crippen LogP contribution in [-0.2, 0) is 27.4 Å². The Bertz CT molecular complexity index is 1590. The molecular formula is C33H34F7N3O3. The number of piperidine rings is 1. The number of nitrogens with one attached hydrogen (secondary N) is 1. The number of carbonyl (C=O) groups excluding carboxylic acids is 1. The van der Waals surface area contributed by atoms with Gasteiger partial charge < -0.3 is 15.3 Å². The standard InChI is InChI=1S/C33H34F7N3O3/c1-19-11-23(34)5-6-24(19)25-15-28(43-9-7-31(4,8-10-43)16-29(45)46)42-17-26(25)41-18-27(44)30(2,3)20-12-21(32(35,36)37)14-22(13-20)33(38,39)40/h5-6,11-15,17,41H,7-10,16,18H2,1-4H3,(H,45,46). The lowest BCUT2D eigenvalue weighted by Crippen LogP contribution is -2.40. The van der Waals surface area contributed by atoms with E-state index in [9.17, 15) is 45.4 Å². The Balaban J connectivity index is 1.64. The smallest absolute Gasteiger partial charge is 0.416 e. The third-order valence-corrected chi connectivity index (χ3v) is 8.69. The van der Waals surface area contributed by atoms with Crippen LogP contribution in [0.1, 0.15) is 62.3 Å². The molecule has 1 aromatic heterocycles. The number of aromatic nitrogens is 1. The highest BCUT2D eigenvalue weighted by Crippen LogP contribution is 2.41. The quantitative estimate of drug-likeness (QED) is 0.226. The molecule has 2 heterocycles. The van der Waals surface area contributed by atoms with E-state index < -0.39 is 58.6 Å². The van der Waals surface area contributed by atoms with Crippen molar-refractivity contribution < 1.29 is 45.4 Å². The van der Waals surface area contributed by atoms with Crippen LogP contribution >= 0.6 is 0 Å². The summed E-state index contributed by atoms with van der Waals surface area (Å²) in [5.41, 5.74) is -3.51. The maximum Gasteiger partial charge on any atom is 0.416 e. The van der Waals surface area contributed by atoms with Crippen molar-refractivity contribution >= 4 is 23.3 Å². The summed E-state index contributed by atoms with van der Waals surface area (Å²) in [6, 6.07) is 7.03. The van der Waals surface area contributed by atoms with E-state index in [-0.39, 0.29) is 17.9 Å². The second kappa shape index (κ2) is 12.6. The number of hydrogen-bond donors (Lipinski definition) is 2. The van der Waals surface area contributed by atoms with Gasteiger partial charge in [0.1, 0.15) is 11.6 Å². The van der Waals surface area contributed by atoms with Gasteiger partial charge in [0, 0.05) is 18.7 Å². The number of rotatable bonds is 9. The van der Waals surface area contributed by atoms with Gasteiger partial charge in [0.15, 0.2) is 5.78 Å². The summed E-state index contributed by atoms with van der Waals surface area (Å²) in [5, 5.41) is 12.2. The summed E-state index contributed by atoms with van der Waals surface area (Å²) >= 11 is 0. The van der Waals surface area contributed by atoms with E-state index in [1.54, 1.807) is 19.1 Å². The van der Waals surface area contributed by atoms with E-state index in [2.05, 4.69) is 10.3 Å². The van der Waals surface area contributed by atoms with Crippen LogP contribution < -0.4 is 10.2 Å². The van der Waals surface area contributed by atoms with Gasteiger partial charge in [-0.25, -0.2) is 9.37 Å². The summed E-state index contributed by atoms with van der Waals surface area (Å²) in [5.74, 6) is -1.45. The minimum atomic E-state index is -5.06. The number of aliphatic carboxylic acids is 1. The molecule has 4 rings (SSSR count). The molecular weight excluding hydrogens is 619 g/mol. The molecule has 0 atom stereocenters. The van der Waals surface area contributed by atoms with Crippen molar-refractivity contribution in [1.82, 2.24) is 4.98 Å². The van der Waals surface area contributed by atoms with Crippen molar-refractivity contribution in [3.63, 3.8) is 0 Å². The van der Waals surface area contributed by atoms with Crippen LogP contribution in [-0.4, -0.2) is 41.5 Å². The molecule has 1 fully saturated rings. The van der Waals surface area contributed by atoms with Gasteiger partial charge in [0.2, 0.25) is 0 Å². The van der Waals surface area contributed by atoms with Gasteiger partial charge in [0.05, 0.1) is 41.4 Å². The van der Waals surface area contributed by atoms with Crippen molar-refractivity contribution in [3.8, 4) is 11.1 Å². The molecule has 3 aromatic rings. The first-order chi connectivity index (χ1) is 21.2. The molecule has 0 saturated carbocycles. The van der Waals surface area contributed by atoms with Gasteiger partial charge in [-0.1, -0.05) is 13.0 Å². The lowest BCUT2D eigenvalue weighted by molar-refractivity contribution is -0.143. The van der Waals surface area contributed by atoms with Gasteiger partial charge in [-0.15, -0.1) is 0 Å². The fraction of sp³-hybridized carbons (Fsp3) is 0.424. The van der Waals surface area contributed by atoms with Crippen LogP contribution in [0, 0.1) is 18.2 Å². The number of halogens is 7. The van der Waals surface area contributed by atoms with Crippen LogP contribution in [0.3, 0.4) is 0 Å². The molecule has 2 N–H and O–H groups in total. The number of benzene rings is 2. The number of carboxylic acids is 1. The number of Topliss-reactive ketones (excluding diaryl/α,β-unsaturated/α-hetero) is 1. The van der Waals surface area contributed by atoms with Crippen LogP contribution in [0.15, 0.2) is 48.7 Å². The number of hydrogen-bond acceptors (Lipinski definition) is 5. The first kappa shape index (κ1) is 34.7. The lowest BCUT2D eigenvalue weighted by atomic mass is 9.77. The second-order valence-electron chi connectivity index (χ2n) is 12.6.